The van der Waals surface area contributed by atoms with Gasteiger partial charge in [0.05, 0.1) is 11.6 Å². The van der Waals surface area contributed by atoms with E-state index in [2.05, 4.69) is 10.1 Å². The first-order chi connectivity index (χ1) is 14.7. The van der Waals surface area contributed by atoms with Gasteiger partial charge in [-0.1, -0.05) is 47.7 Å². The maximum Gasteiger partial charge on any atom is 0.291 e. The van der Waals surface area contributed by atoms with Crippen LogP contribution >= 0.6 is 11.3 Å². The molecule has 5 rings (SSSR count). The SMILES string of the molecule is COc1ccc(C=Cc2nc3sc(=CC4=Cc5ccccc5OC4)c(=O)n3n2)cc1. The van der Waals surface area contributed by atoms with Crippen LogP contribution in [-0.4, -0.2) is 28.3 Å². The van der Waals surface area contributed by atoms with Gasteiger partial charge in [-0.2, -0.15) is 9.50 Å². The largest absolute Gasteiger partial charge is 0.497 e. The van der Waals surface area contributed by atoms with Gasteiger partial charge in [-0.15, -0.1) is 5.10 Å². The van der Waals surface area contributed by atoms with Gasteiger partial charge < -0.3 is 9.47 Å². The second kappa shape index (κ2) is 7.61. The van der Waals surface area contributed by atoms with Crippen LogP contribution in [0.1, 0.15) is 17.0 Å². The molecule has 2 aromatic carbocycles. The molecule has 0 spiro atoms. The van der Waals surface area contributed by atoms with Crippen molar-refractivity contribution in [2.45, 2.75) is 0 Å². The standard InChI is InChI=1S/C23H17N3O3S/c1-28-18-9-6-15(7-10-18)8-11-21-24-23-26(25-21)22(27)20(30-23)13-16-12-17-4-2-3-5-19(17)29-14-16/h2-13H,14H2,1H3. The number of hydrogen-bond donors (Lipinski definition) is 0. The lowest BCUT2D eigenvalue weighted by Crippen LogP contribution is -2.24. The van der Waals surface area contributed by atoms with Gasteiger partial charge in [-0.3, -0.25) is 4.79 Å². The van der Waals surface area contributed by atoms with E-state index in [0.29, 0.717) is 21.9 Å². The molecule has 2 aromatic heterocycles. The number of hydrogen-bond acceptors (Lipinski definition) is 6. The van der Waals surface area contributed by atoms with Crippen LogP contribution in [0.15, 0.2) is 58.9 Å². The van der Waals surface area contributed by atoms with E-state index in [1.807, 2.05) is 66.8 Å². The van der Waals surface area contributed by atoms with Gasteiger partial charge in [-0.25, -0.2) is 0 Å². The van der Waals surface area contributed by atoms with Crippen LogP contribution < -0.4 is 19.6 Å². The second-order valence-corrected chi connectivity index (χ2v) is 7.74. The maximum atomic E-state index is 12.7. The third-order valence-electron chi connectivity index (χ3n) is 4.71. The molecule has 1 aliphatic heterocycles. The second-order valence-electron chi connectivity index (χ2n) is 6.73. The highest BCUT2D eigenvalue weighted by molar-refractivity contribution is 7.15. The fourth-order valence-electron chi connectivity index (χ4n) is 3.19. The minimum Gasteiger partial charge on any atom is -0.497 e. The van der Waals surface area contributed by atoms with Crippen LogP contribution in [0.4, 0.5) is 0 Å². The molecule has 1 aliphatic rings. The Hall–Kier alpha value is -3.71. The van der Waals surface area contributed by atoms with Crippen molar-refractivity contribution in [1.29, 1.82) is 0 Å². The van der Waals surface area contributed by atoms with E-state index >= 15 is 0 Å². The Morgan fingerprint density at radius 3 is 2.77 bits per heavy atom. The average molecular weight is 415 g/mol. The summed E-state index contributed by atoms with van der Waals surface area (Å²) in [6.07, 6.45) is 7.58. The molecule has 0 saturated carbocycles. The molecule has 0 aliphatic carbocycles. The van der Waals surface area contributed by atoms with Crippen molar-refractivity contribution in [1.82, 2.24) is 14.6 Å². The van der Waals surface area contributed by atoms with E-state index < -0.39 is 0 Å². The first-order valence-corrected chi connectivity index (χ1v) is 10.2. The number of thiazole rings is 1. The van der Waals surface area contributed by atoms with Gasteiger partial charge in [0.1, 0.15) is 18.1 Å². The predicted octanol–water partition coefficient (Wildman–Crippen LogP) is 3.31. The van der Waals surface area contributed by atoms with Gasteiger partial charge >= 0.3 is 0 Å². The molecule has 0 atom stereocenters. The number of aromatic nitrogens is 3. The molecule has 0 unspecified atom stereocenters. The van der Waals surface area contributed by atoms with Gasteiger partial charge in [0, 0.05) is 5.56 Å². The monoisotopic (exact) mass is 415 g/mol. The Balaban J connectivity index is 1.43. The lowest BCUT2D eigenvalue weighted by Gasteiger charge is -2.15. The topological polar surface area (TPSA) is 65.7 Å². The van der Waals surface area contributed by atoms with E-state index in [-0.39, 0.29) is 5.56 Å². The van der Waals surface area contributed by atoms with Crippen LogP contribution in [-0.2, 0) is 0 Å². The Bertz CT molecular complexity index is 1400. The zero-order valence-electron chi connectivity index (χ0n) is 16.1. The Morgan fingerprint density at radius 2 is 1.97 bits per heavy atom. The van der Waals surface area contributed by atoms with E-state index in [1.165, 1.54) is 15.9 Å². The minimum absolute atomic E-state index is 0.175. The fourth-order valence-corrected chi connectivity index (χ4v) is 4.12. The zero-order chi connectivity index (χ0) is 20.5. The molecule has 4 aromatic rings. The lowest BCUT2D eigenvalue weighted by atomic mass is 10.1. The Kier molecular flexibility index (Phi) is 4.65. The van der Waals surface area contributed by atoms with E-state index in [4.69, 9.17) is 9.47 Å². The molecular formula is C23H17N3O3S. The summed E-state index contributed by atoms with van der Waals surface area (Å²) in [5, 5.41) is 4.33. The normalized spacial score (nSPS) is 14.0. The highest BCUT2D eigenvalue weighted by atomic mass is 32.1. The summed E-state index contributed by atoms with van der Waals surface area (Å²) >= 11 is 1.32. The van der Waals surface area contributed by atoms with Crippen molar-refractivity contribution < 1.29 is 9.47 Å². The van der Waals surface area contributed by atoms with Crippen molar-refractivity contribution >= 4 is 40.6 Å². The number of methoxy groups -OCH3 is 1. The van der Waals surface area contributed by atoms with Crippen LogP contribution in [0, 0.1) is 0 Å². The van der Waals surface area contributed by atoms with Crippen LogP contribution in [0.2, 0.25) is 0 Å². The highest BCUT2D eigenvalue weighted by Gasteiger charge is 2.12. The number of nitrogens with zero attached hydrogens (tertiary/aromatic N) is 3. The van der Waals surface area contributed by atoms with Crippen molar-refractivity contribution in [2.75, 3.05) is 13.7 Å². The first kappa shape index (κ1) is 18.3. The molecule has 3 heterocycles. The highest BCUT2D eigenvalue weighted by Crippen LogP contribution is 2.26. The molecule has 0 saturated heterocycles. The Labute approximate surface area is 176 Å². The van der Waals surface area contributed by atoms with Crippen LogP contribution in [0.5, 0.6) is 11.5 Å². The Morgan fingerprint density at radius 1 is 1.13 bits per heavy atom. The van der Waals surface area contributed by atoms with Crippen molar-refractivity contribution in [3.05, 3.63) is 85.9 Å². The molecule has 6 nitrogen and oxygen atoms in total. The fraction of sp³-hybridized carbons (Fsp3) is 0.0870. The molecule has 0 amide bonds. The number of ether oxygens (including phenoxy) is 2. The summed E-state index contributed by atoms with van der Waals surface area (Å²) in [4.78, 5) is 17.8. The number of rotatable bonds is 4. The van der Waals surface area contributed by atoms with Gasteiger partial charge in [0.15, 0.2) is 5.82 Å². The quantitative estimate of drug-likeness (QED) is 0.512. The number of fused-ring (bicyclic) bond motifs is 2. The predicted molar refractivity (Wildman–Crippen MR) is 119 cm³/mol. The molecule has 0 N–H and O–H groups in total. The molecular weight excluding hydrogens is 398 g/mol. The molecule has 0 radical (unpaired) electrons. The summed E-state index contributed by atoms with van der Waals surface area (Å²) in [5.74, 6) is 2.15. The van der Waals surface area contributed by atoms with Crippen molar-refractivity contribution in [2.24, 2.45) is 0 Å². The van der Waals surface area contributed by atoms with E-state index in [1.54, 1.807) is 13.2 Å². The van der Waals surface area contributed by atoms with E-state index in [9.17, 15) is 4.79 Å². The first-order valence-electron chi connectivity index (χ1n) is 9.35. The molecule has 0 fully saturated rings. The summed E-state index contributed by atoms with van der Waals surface area (Å²) in [7, 11) is 1.63. The third-order valence-corrected chi connectivity index (χ3v) is 5.67. The molecule has 0 bridgehead atoms. The number of para-hydroxylation sites is 1. The maximum absolute atomic E-state index is 12.7. The minimum atomic E-state index is -0.175. The van der Waals surface area contributed by atoms with Gasteiger partial charge in [0.2, 0.25) is 4.96 Å². The van der Waals surface area contributed by atoms with Crippen molar-refractivity contribution in [3.8, 4) is 11.5 Å². The van der Waals surface area contributed by atoms with Gasteiger partial charge in [-0.05, 0) is 47.6 Å². The summed E-state index contributed by atoms with van der Waals surface area (Å²) in [5.41, 5.74) is 2.77. The van der Waals surface area contributed by atoms with Gasteiger partial charge in [0.25, 0.3) is 5.56 Å². The van der Waals surface area contributed by atoms with Crippen LogP contribution in [0.25, 0.3) is 29.3 Å². The third kappa shape index (κ3) is 3.51. The lowest BCUT2D eigenvalue weighted by molar-refractivity contribution is 0.352. The summed E-state index contributed by atoms with van der Waals surface area (Å²) < 4.78 is 12.9. The number of benzene rings is 2. The molecule has 30 heavy (non-hydrogen) atoms. The molecule has 7 heteroatoms. The average Bonchev–Trinajstić information content (AvgIpc) is 3.31. The van der Waals surface area contributed by atoms with Crippen LogP contribution in [0.3, 0.4) is 0 Å². The molecule has 148 valence electrons. The van der Waals surface area contributed by atoms with Crippen molar-refractivity contribution in [3.63, 3.8) is 0 Å². The van der Waals surface area contributed by atoms with E-state index in [0.717, 1.165) is 28.2 Å². The summed E-state index contributed by atoms with van der Waals surface area (Å²) in [6, 6.07) is 15.5. The smallest absolute Gasteiger partial charge is 0.291 e. The zero-order valence-corrected chi connectivity index (χ0v) is 16.9. The summed E-state index contributed by atoms with van der Waals surface area (Å²) in [6.45, 7) is 0.431.